The van der Waals surface area contributed by atoms with Crippen LogP contribution in [0.25, 0.3) is 11.1 Å². The summed E-state index contributed by atoms with van der Waals surface area (Å²) in [6, 6.07) is 0. The summed E-state index contributed by atoms with van der Waals surface area (Å²) in [5.41, 5.74) is -5.75. The molecule has 2 rings (SSSR count). The van der Waals surface area contributed by atoms with Crippen LogP contribution in [0.4, 0.5) is 35.1 Å². The third-order valence-electron chi connectivity index (χ3n) is 3.61. The van der Waals surface area contributed by atoms with E-state index < -0.39 is 74.7 Å². The first-order valence-electron chi connectivity index (χ1n) is 6.71. The van der Waals surface area contributed by atoms with Crippen molar-refractivity contribution >= 4 is 0 Å². The van der Waals surface area contributed by atoms with Gasteiger partial charge in [0.25, 0.3) is 0 Å². The predicted molar refractivity (Wildman–Crippen MR) is 70.4 cm³/mol. The van der Waals surface area contributed by atoms with Crippen LogP contribution in [0.15, 0.2) is 0 Å². The van der Waals surface area contributed by atoms with Crippen molar-refractivity contribution < 1.29 is 35.1 Å². The van der Waals surface area contributed by atoms with E-state index in [2.05, 4.69) is 0 Å². The Morgan fingerprint density at radius 2 is 0.792 bits per heavy atom. The monoisotopic (exact) mass is 354 g/mol. The van der Waals surface area contributed by atoms with Gasteiger partial charge in [-0.1, -0.05) is 13.8 Å². The molecule has 0 N–H and O–H groups in total. The van der Waals surface area contributed by atoms with Crippen LogP contribution in [0.1, 0.15) is 30.9 Å². The van der Waals surface area contributed by atoms with E-state index in [1.807, 2.05) is 0 Å². The lowest BCUT2D eigenvalue weighted by atomic mass is 9.94. The van der Waals surface area contributed by atoms with Crippen molar-refractivity contribution in [3.63, 3.8) is 0 Å². The Bertz CT molecular complexity index is 781. The molecule has 0 aromatic heterocycles. The van der Waals surface area contributed by atoms with Gasteiger partial charge in [-0.3, -0.25) is 0 Å². The molecule has 130 valence electrons. The topological polar surface area (TPSA) is 0 Å². The van der Waals surface area contributed by atoms with E-state index in [0.717, 1.165) is 0 Å². The molecule has 0 unspecified atom stereocenters. The molecule has 0 bridgehead atoms. The van der Waals surface area contributed by atoms with Crippen LogP contribution >= 0.6 is 0 Å². The van der Waals surface area contributed by atoms with Crippen molar-refractivity contribution in [1.82, 2.24) is 0 Å². The summed E-state index contributed by atoms with van der Waals surface area (Å²) in [5.74, 6) is -17.2. The fraction of sp³-hybridized carbons (Fsp3) is 0.250. The summed E-state index contributed by atoms with van der Waals surface area (Å²) in [5, 5.41) is 0. The average Bonchev–Trinajstić information content (AvgIpc) is 2.52. The molecule has 0 saturated heterocycles. The largest absolute Gasteiger partial charge is 0.203 e. The second-order valence-electron chi connectivity index (χ2n) is 5.46. The first-order chi connectivity index (χ1) is 11.0. The zero-order valence-electron chi connectivity index (χ0n) is 12.6. The number of benzene rings is 2. The third-order valence-corrected chi connectivity index (χ3v) is 3.61. The van der Waals surface area contributed by atoms with Gasteiger partial charge in [-0.2, -0.15) is 0 Å². The van der Waals surface area contributed by atoms with Crippen LogP contribution < -0.4 is 0 Å². The highest BCUT2D eigenvalue weighted by atomic mass is 19.2. The lowest BCUT2D eigenvalue weighted by Crippen LogP contribution is -2.11. The van der Waals surface area contributed by atoms with E-state index in [4.69, 9.17) is 0 Å². The molecule has 8 heteroatoms. The summed E-state index contributed by atoms with van der Waals surface area (Å²) in [7, 11) is 0. The summed E-state index contributed by atoms with van der Waals surface area (Å²) >= 11 is 0. The number of hydrogen-bond acceptors (Lipinski definition) is 0. The Morgan fingerprint density at radius 1 is 0.500 bits per heavy atom. The summed E-state index contributed by atoms with van der Waals surface area (Å²) in [6.07, 6.45) is 0. The minimum absolute atomic E-state index is 0.691. The lowest BCUT2D eigenvalue weighted by molar-refractivity contribution is 0.426. The van der Waals surface area contributed by atoms with Crippen molar-refractivity contribution in [2.24, 2.45) is 0 Å². The molecular formula is C16H10F8. The average molecular weight is 354 g/mol. The van der Waals surface area contributed by atoms with Crippen LogP contribution in [0.5, 0.6) is 0 Å². The van der Waals surface area contributed by atoms with E-state index in [9.17, 15) is 35.1 Å². The molecular weight excluding hydrogens is 344 g/mol. The van der Waals surface area contributed by atoms with Crippen LogP contribution in [0, 0.1) is 53.5 Å². The van der Waals surface area contributed by atoms with E-state index in [1.165, 1.54) is 13.8 Å². The van der Waals surface area contributed by atoms with Gasteiger partial charge in [0.2, 0.25) is 0 Å². The van der Waals surface area contributed by atoms with Crippen molar-refractivity contribution in [2.75, 3.05) is 0 Å². The molecule has 2 aromatic rings. The Balaban J connectivity index is 3.01. The molecule has 0 heterocycles. The van der Waals surface area contributed by atoms with Gasteiger partial charge in [0.15, 0.2) is 46.5 Å². The number of rotatable bonds is 2. The van der Waals surface area contributed by atoms with Gasteiger partial charge < -0.3 is 0 Å². The highest BCUT2D eigenvalue weighted by molar-refractivity contribution is 5.68. The van der Waals surface area contributed by atoms with Gasteiger partial charge in [-0.25, -0.2) is 35.1 Å². The number of hydrogen-bond donors (Lipinski definition) is 0. The smallest absolute Gasteiger partial charge is 0.170 e. The molecule has 0 atom stereocenters. The van der Waals surface area contributed by atoms with Gasteiger partial charge in [-0.05, 0) is 12.8 Å². The van der Waals surface area contributed by atoms with Crippen LogP contribution in [-0.2, 0) is 0 Å². The van der Waals surface area contributed by atoms with E-state index in [-0.39, 0.29) is 0 Å². The third kappa shape index (κ3) is 2.44. The molecule has 0 saturated carbocycles. The lowest BCUT2D eigenvalue weighted by Gasteiger charge is -2.16. The molecule has 0 fully saturated rings. The highest BCUT2D eigenvalue weighted by Crippen LogP contribution is 2.39. The van der Waals surface area contributed by atoms with E-state index >= 15 is 0 Å². The zero-order chi connectivity index (χ0) is 18.5. The van der Waals surface area contributed by atoms with Crippen LogP contribution in [-0.4, -0.2) is 0 Å². The number of halogens is 8. The summed E-state index contributed by atoms with van der Waals surface area (Å²) in [6.45, 7) is 3.15. The second-order valence-corrected chi connectivity index (χ2v) is 5.46. The first-order valence-corrected chi connectivity index (χ1v) is 6.71. The van der Waals surface area contributed by atoms with Crippen molar-refractivity contribution in [3.8, 4) is 11.1 Å². The van der Waals surface area contributed by atoms with Gasteiger partial charge >= 0.3 is 0 Å². The molecule has 0 aliphatic rings. The molecule has 2 aromatic carbocycles. The maximum absolute atomic E-state index is 14.1. The van der Waals surface area contributed by atoms with Gasteiger partial charge in [-0.15, -0.1) is 0 Å². The normalized spacial score (nSPS) is 11.5. The minimum Gasteiger partial charge on any atom is -0.203 e. The highest BCUT2D eigenvalue weighted by Gasteiger charge is 2.33. The molecule has 0 amide bonds. The van der Waals surface area contributed by atoms with Crippen LogP contribution in [0.2, 0.25) is 0 Å². The Hall–Kier alpha value is -2.12. The van der Waals surface area contributed by atoms with E-state index in [0.29, 0.717) is 6.92 Å². The van der Waals surface area contributed by atoms with Crippen LogP contribution in [0.3, 0.4) is 0 Å². The van der Waals surface area contributed by atoms with Gasteiger partial charge in [0.1, 0.15) is 0 Å². The first kappa shape index (κ1) is 18.2. The van der Waals surface area contributed by atoms with Crippen molar-refractivity contribution in [3.05, 3.63) is 57.7 Å². The van der Waals surface area contributed by atoms with Crippen molar-refractivity contribution in [2.45, 2.75) is 26.7 Å². The molecule has 0 spiro atoms. The maximum Gasteiger partial charge on any atom is 0.170 e. The quantitative estimate of drug-likeness (QED) is 0.465. The van der Waals surface area contributed by atoms with Gasteiger partial charge in [0.05, 0.1) is 11.1 Å². The van der Waals surface area contributed by atoms with E-state index in [1.54, 1.807) is 0 Å². The Kier molecular flexibility index (Phi) is 4.61. The fourth-order valence-corrected chi connectivity index (χ4v) is 2.34. The molecule has 0 aliphatic heterocycles. The molecule has 24 heavy (non-hydrogen) atoms. The minimum atomic E-state index is -2.15. The predicted octanol–water partition coefficient (Wildman–Crippen LogP) is 5.90. The Morgan fingerprint density at radius 3 is 1.08 bits per heavy atom. The maximum atomic E-state index is 14.1. The fourth-order valence-electron chi connectivity index (χ4n) is 2.34. The second kappa shape index (κ2) is 6.07. The van der Waals surface area contributed by atoms with Gasteiger partial charge in [0, 0.05) is 11.1 Å². The molecule has 0 radical (unpaired) electrons. The van der Waals surface area contributed by atoms with Crippen molar-refractivity contribution in [1.29, 1.82) is 0 Å². The molecule has 0 aliphatic carbocycles. The zero-order valence-corrected chi connectivity index (χ0v) is 12.6. The summed E-state index contributed by atoms with van der Waals surface area (Å²) in [4.78, 5) is 0. The summed E-state index contributed by atoms with van der Waals surface area (Å²) < 4.78 is 111. The Labute approximate surface area is 131 Å². The SMILES string of the molecule is Cc1c(F)c(F)c(-c2c(F)c(F)c(C(C)C)c(F)c2F)c(F)c1F. The standard InChI is InChI=1S/C16H10F8/c1-4(2)6-11(19)15(23)8(16(24)12(6)20)7-13(21)9(17)5(3)10(18)14(7)22/h4H,1-3H3. The molecule has 0 nitrogen and oxygen atoms in total.